The van der Waals surface area contributed by atoms with Crippen molar-refractivity contribution in [3.05, 3.63) is 56.5 Å². The topological polar surface area (TPSA) is 97.1 Å². The summed E-state index contributed by atoms with van der Waals surface area (Å²) in [5.41, 5.74) is 3.21. The molecule has 0 amide bonds. The molecule has 9 heteroatoms. The van der Waals surface area contributed by atoms with Crippen molar-refractivity contribution < 1.29 is 4.39 Å². The number of hydrogen-bond acceptors (Lipinski definition) is 5. The molecule has 0 aliphatic rings. The summed E-state index contributed by atoms with van der Waals surface area (Å²) in [7, 11) is 1.56. The first-order chi connectivity index (χ1) is 14.0. The molecule has 2 N–H and O–H groups in total. The van der Waals surface area contributed by atoms with Gasteiger partial charge in [-0.3, -0.25) is 14.3 Å². The lowest BCUT2D eigenvalue weighted by Crippen LogP contribution is -2.29. The van der Waals surface area contributed by atoms with Crippen molar-refractivity contribution in [1.82, 2.24) is 19.1 Å². The molecule has 3 rings (SSSR count). The van der Waals surface area contributed by atoms with Gasteiger partial charge in [-0.1, -0.05) is 44.7 Å². The zero-order valence-corrected chi connectivity index (χ0v) is 16.6. The molecule has 0 aliphatic heterocycles. The maximum Gasteiger partial charge on any atom is 0.329 e. The van der Waals surface area contributed by atoms with E-state index in [1.807, 2.05) is 0 Å². The fraction of sp³-hybridized carbons (Fsp3) is 0.400. The number of hydrazone groups is 1. The van der Waals surface area contributed by atoms with Crippen LogP contribution in [0.15, 0.2) is 39.0 Å². The van der Waals surface area contributed by atoms with Crippen LogP contribution in [-0.4, -0.2) is 25.3 Å². The Labute approximate surface area is 167 Å². The van der Waals surface area contributed by atoms with Crippen LogP contribution in [0.2, 0.25) is 0 Å². The lowest BCUT2D eigenvalue weighted by Gasteiger charge is -2.08. The fourth-order valence-electron chi connectivity index (χ4n) is 3.12. The van der Waals surface area contributed by atoms with Gasteiger partial charge in [0, 0.05) is 13.6 Å². The van der Waals surface area contributed by atoms with E-state index in [0.29, 0.717) is 29.2 Å². The Morgan fingerprint density at radius 2 is 1.90 bits per heavy atom. The van der Waals surface area contributed by atoms with E-state index in [1.54, 1.807) is 23.7 Å². The number of aryl methyl sites for hydroxylation is 2. The first kappa shape index (κ1) is 20.5. The van der Waals surface area contributed by atoms with Crippen LogP contribution in [-0.2, 0) is 13.6 Å². The summed E-state index contributed by atoms with van der Waals surface area (Å²) in [5.74, 6) is 0.0562. The van der Waals surface area contributed by atoms with Crippen LogP contribution in [0.25, 0.3) is 11.2 Å². The highest BCUT2D eigenvalue weighted by Gasteiger charge is 2.16. The van der Waals surface area contributed by atoms with Gasteiger partial charge in [0.1, 0.15) is 5.82 Å². The van der Waals surface area contributed by atoms with E-state index in [9.17, 15) is 14.0 Å². The van der Waals surface area contributed by atoms with Crippen molar-refractivity contribution in [1.29, 1.82) is 0 Å². The van der Waals surface area contributed by atoms with E-state index in [2.05, 4.69) is 27.4 Å². The summed E-state index contributed by atoms with van der Waals surface area (Å²) in [6.45, 7) is 2.74. The maximum atomic E-state index is 13.0. The number of nitrogens with one attached hydrogen (secondary N) is 2. The van der Waals surface area contributed by atoms with Gasteiger partial charge in [0.25, 0.3) is 5.56 Å². The van der Waals surface area contributed by atoms with Crippen molar-refractivity contribution >= 4 is 23.3 Å². The largest absolute Gasteiger partial charge is 0.329 e. The van der Waals surface area contributed by atoms with Gasteiger partial charge in [-0.2, -0.15) is 10.1 Å². The second kappa shape index (κ2) is 9.31. The lowest BCUT2D eigenvalue weighted by atomic mass is 10.1. The summed E-state index contributed by atoms with van der Waals surface area (Å²) in [6, 6.07) is 5.90. The predicted octanol–water partition coefficient (Wildman–Crippen LogP) is 2.98. The van der Waals surface area contributed by atoms with Gasteiger partial charge in [-0.05, 0) is 24.1 Å². The number of anilines is 1. The molecule has 0 atom stereocenters. The van der Waals surface area contributed by atoms with Crippen LogP contribution in [0.4, 0.5) is 10.3 Å². The van der Waals surface area contributed by atoms with Crippen LogP contribution in [0, 0.1) is 5.82 Å². The molecule has 0 fully saturated rings. The van der Waals surface area contributed by atoms with Crippen LogP contribution in [0.1, 0.15) is 44.6 Å². The second-order valence-electron chi connectivity index (χ2n) is 6.91. The van der Waals surface area contributed by atoms with Crippen molar-refractivity contribution in [2.45, 2.75) is 45.6 Å². The molecule has 2 heterocycles. The first-order valence-corrected chi connectivity index (χ1v) is 9.75. The molecular weight excluding hydrogens is 375 g/mol. The summed E-state index contributed by atoms with van der Waals surface area (Å²) >= 11 is 0. The maximum absolute atomic E-state index is 13.0. The first-order valence-electron chi connectivity index (χ1n) is 9.75. The lowest BCUT2D eigenvalue weighted by molar-refractivity contribution is 0.577. The number of nitrogens with zero attached hydrogens (tertiary/aromatic N) is 4. The molecule has 0 bridgehead atoms. The minimum atomic E-state index is -0.517. The number of halogens is 1. The van der Waals surface area contributed by atoms with Crippen LogP contribution >= 0.6 is 0 Å². The van der Waals surface area contributed by atoms with Gasteiger partial charge in [0.15, 0.2) is 11.2 Å². The highest BCUT2D eigenvalue weighted by molar-refractivity contribution is 5.80. The number of H-pyrrole nitrogens is 1. The molecule has 0 saturated heterocycles. The van der Waals surface area contributed by atoms with Gasteiger partial charge in [0.2, 0.25) is 5.95 Å². The Morgan fingerprint density at radius 3 is 2.62 bits per heavy atom. The van der Waals surface area contributed by atoms with Crippen molar-refractivity contribution in [3.63, 3.8) is 0 Å². The zero-order valence-electron chi connectivity index (χ0n) is 16.6. The zero-order chi connectivity index (χ0) is 20.8. The molecule has 2 aromatic heterocycles. The Bertz CT molecular complexity index is 1110. The molecule has 8 nitrogen and oxygen atoms in total. The SMILES string of the molecule is CCCCCCCn1c(N/N=C\c2ccc(F)cc2)nc2c1c(=O)[nH]c(=O)n2C. The minimum Gasteiger partial charge on any atom is -0.303 e. The van der Waals surface area contributed by atoms with E-state index in [4.69, 9.17) is 0 Å². The molecule has 0 saturated carbocycles. The number of imidazole rings is 1. The molecule has 0 spiro atoms. The summed E-state index contributed by atoms with van der Waals surface area (Å²) in [4.78, 5) is 31.1. The van der Waals surface area contributed by atoms with E-state index >= 15 is 0 Å². The van der Waals surface area contributed by atoms with E-state index in [-0.39, 0.29) is 5.82 Å². The molecule has 1 aromatic carbocycles. The standard InChI is InChI=1S/C20H25FN6O2/c1-3-4-5-6-7-12-27-16-17(26(2)20(29)24-18(16)28)23-19(27)25-22-13-14-8-10-15(21)11-9-14/h8-11,13H,3-7,12H2,1-2H3,(H,23,25)(H,24,28,29)/b22-13-. The molecular formula is C20H25FN6O2. The molecule has 0 unspecified atom stereocenters. The van der Waals surface area contributed by atoms with Crippen molar-refractivity contribution in [2.24, 2.45) is 12.1 Å². The number of hydrogen-bond donors (Lipinski definition) is 2. The molecule has 29 heavy (non-hydrogen) atoms. The Morgan fingerprint density at radius 1 is 1.17 bits per heavy atom. The Balaban J connectivity index is 1.89. The average Bonchev–Trinajstić information content (AvgIpc) is 3.07. The third-order valence-electron chi connectivity index (χ3n) is 4.74. The summed E-state index contributed by atoms with van der Waals surface area (Å²) in [6.07, 6.45) is 6.91. The summed E-state index contributed by atoms with van der Waals surface area (Å²) < 4.78 is 16.1. The van der Waals surface area contributed by atoms with Crippen molar-refractivity contribution in [2.75, 3.05) is 5.43 Å². The molecule has 0 radical (unpaired) electrons. The summed E-state index contributed by atoms with van der Waals surface area (Å²) in [5, 5.41) is 4.16. The Hall–Kier alpha value is -3.23. The number of benzene rings is 1. The Kier molecular flexibility index (Phi) is 6.58. The predicted molar refractivity (Wildman–Crippen MR) is 112 cm³/mol. The molecule has 3 aromatic rings. The number of unbranched alkanes of at least 4 members (excludes halogenated alkanes) is 4. The van der Waals surface area contributed by atoms with Gasteiger partial charge < -0.3 is 4.57 Å². The second-order valence-corrected chi connectivity index (χ2v) is 6.91. The average molecular weight is 400 g/mol. The highest BCUT2D eigenvalue weighted by Crippen LogP contribution is 2.17. The number of aromatic nitrogens is 4. The van der Waals surface area contributed by atoms with Crippen LogP contribution in [0.3, 0.4) is 0 Å². The third kappa shape index (κ3) is 4.79. The van der Waals surface area contributed by atoms with Crippen LogP contribution < -0.4 is 16.7 Å². The number of fused-ring (bicyclic) bond motifs is 1. The number of aromatic amines is 1. The molecule has 154 valence electrons. The fourth-order valence-corrected chi connectivity index (χ4v) is 3.12. The number of rotatable bonds is 9. The van der Waals surface area contributed by atoms with E-state index in [0.717, 1.165) is 25.7 Å². The van der Waals surface area contributed by atoms with Gasteiger partial charge >= 0.3 is 5.69 Å². The monoisotopic (exact) mass is 400 g/mol. The van der Waals surface area contributed by atoms with Crippen molar-refractivity contribution in [3.8, 4) is 0 Å². The smallest absolute Gasteiger partial charge is 0.303 e. The van der Waals surface area contributed by atoms with E-state index < -0.39 is 11.2 Å². The van der Waals surface area contributed by atoms with Gasteiger partial charge in [0.05, 0.1) is 6.21 Å². The minimum absolute atomic E-state index is 0.298. The normalized spacial score (nSPS) is 11.6. The van der Waals surface area contributed by atoms with Gasteiger partial charge in [-0.15, -0.1) is 0 Å². The third-order valence-corrected chi connectivity index (χ3v) is 4.74. The van der Waals surface area contributed by atoms with Crippen LogP contribution in [0.5, 0.6) is 0 Å². The van der Waals surface area contributed by atoms with E-state index in [1.165, 1.54) is 29.3 Å². The quantitative estimate of drug-likeness (QED) is 0.328. The molecule has 0 aliphatic carbocycles. The highest BCUT2D eigenvalue weighted by atomic mass is 19.1. The van der Waals surface area contributed by atoms with Gasteiger partial charge in [-0.25, -0.2) is 14.6 Å².